The van der Waals surface area contributed by atoms with Crippen LogP contribution < -0.4 is 20.7 Å². The first kappa shape index (κ1) is 38.7. The average molecular weight is 804 g/mol. The molecule has 5 aromatic rings. The van der Waals surface area contributed by atoms with E-state index in [1.807, 2.05) is 81.6 Å². The molecule has 0 radical (unpaired) electrons. The number of urea groups is 1. The molecule has 4 fully saturated rings. The third-order valence-electron chi connectivity index (χ3n) is 12.4. The van der Waals surface area contributed by atoms with Crippen LogP contribution in [0.5, 0.6) is 5.75 Å². The molecule has 10 rings (SSSR count). The van der Waals surface area contributed by atoms with Crippen molar-refractivity contribution >= 4 is 44.4 Å². The van der Waals surface area contributed by atoms with E-state index in [0.29, 0.717) is 54.1 Å². The molecule has 2 amide bonds. The van der Waals surface area contributed by atoms with Crippen LogP contribution in [-0.4, -0.2) is 69.3 Å². The molecule has 2 unspecified atom stereocenters. The molecule has 304 valence electrons. The summed E-state index contributed by atoms with van der Waals surface area (Å²) in [5.74, 6) is 0.0657. The number of carbonyl (C=O) groups is 2. The number of hydrogen-bond donors (Lipinski definition) is 2. The van der Waals surface area contributed by atoms with Crippen LogP contribution in [0.2, 0.25) is 0 Å². The number of amides is 2. The van der Waals surface area contributed by atoms with Crippen LogP contribution in [0.25, 0.3) is 32.6 Å². The van der Waals surface area contributed by atoms with Gasteiger partial charge < -0.3 is 19.9 Å². The Labute approximate surface area is 343 Å². The van der Waals surface area contributed by atoms with Crippen molar-refractivity contribution in [2.45, 2.75) is 97.8 Å². The highest BCUT2D eigenvalue weighted by atomic mass is 32.1. The zero-order valence-corrected chi connectivity index (χ0v) is 35.1. The second kappa shape index (κ2) is 13.9. The molecule has 1 aliphatic heterocycles. The van der Waals surface area contributed by atoms with Crippen molar-refractivity contribution in [3.8, 4) is 28.1 Å². The van der Waals surface area contributed by atoms with Crippen LogP contribution in [0.15, 0.2) is 60.8 Å². The Kier molecular flexibility index (Phi) is 9.25. The van der Waals surface area contributed by atoms with Gasteiger partial charge in [0.05, 0.1) is 46.5 Å². The van der Waals surface area contributed by atoms with E-state index in [1.165, 1.54) is 17.8 Å². The van der Waals surface area contributed by atoms with Gasteiger partial charge in [-0.25, -0.2) is 19.6 Å². The fourth-order valence-electron chi connectivity index (χ4n) is 11.6. The lowest BCUT2D eigenvalue weighted by Gasteiger charge is -2.69. The number of nitrogens with zero attached hydrogens (tertiary/aromatic N) is 5. The molecule has 3 aromatic heterocycles. The van der Waals surface area contributed by atoms with E-state index in [-0.39, 0.29) is 33.6 Å². The van der Waals surface area contributed by atoms with Gasteiger partial charge in [0, 0.05) is 35.5 Å². The third-order valence-corrected chi connectivity index (χ3v) is 13.4. The summed E-state index contributed by atoms with van der Waals surface area (Å²) >= 11 is 1.43. The van der Waals surface area contributed by atoms with Gasteiger partial charge in [-0.2, -0.15) is 5.10 Å². The summed E-state index contributed by atoms with van der Waals surface area (Å²) in [7, 11) is 0. The highest BCUT2D eigenvalue weighted by Crippen LogP contribution is 2.72. The smallest absolute Gasteiger partial charge is 0.358 e. The average Bonchev–Trinajstić information content (AvgIpc) is 3.72. The van der Waals surface area contributed by atoms with E-state index >= 15 is 0 Å². The standard InChI is InChI=1S/C45H53N7O5S/c1-28-31(20-47-52(28)27-44-22-42(5)21-43(6,23-44)25-45(24-42,26-44)56-17-15-46)30-12-13-32(48-37(30)38(53)57-41(2,3)4)29-11-14-35-34(19-29)51(16-18-55-35)40(54)50-39-49-33-9-7-8-10-36(33)58-39/h7-14,19-20H,15-18,21-27,46H2,1-6H3,(H,49,50,54). The van der Waals surface area contributed by atoms with Crippen LogP contribution >= 0.6 is 11.3 Å². The Bertz CT molecular complexity index is 2380. The largest absolute Gasteiger partial charge is 0.490 e. The number of fused-ring (bicyclic) bond motifs is 2. The molecule has 5 aliphatic rings. The lowest BCUT2D eigenvalue weighted by molar-refractivity contribution is -0.247. The minimum atomic E-state index is -0.738. The molecule has 0 saturated heterocycles. The summed E-state index contributed by atoms with van der Waals surface area (Å²) in [5.41, 5.74) is 10.9. The van der Waals surface area contributed by atoms with E-state index in [4.69, 9.17) is 30.0 Å². The minimum absolute atomic E-state index is 0.0480. The van der Waals surface area contributed by atoms with E-state index in [2.05, 4.69) is 35.8 Å². The Balaban J connectivity index is 1.03. The normalized spacial score (nSPS) is 26.1. The van der Waals surface area contributed by atoms with Crippen molar-refractivity contribution in [2.75, 3.05) is 36.5 Å². The summed E-state index contributed by atoms with van der Waals surface area (Å²) in [5, 5.41) is 8.49. The number of nitrogens with two attached hydrogens (primary N) is 1. The highest BCUT2D eigenvalue weighted by Gasteiger charge is 2.66. The number of aromatic nitrogens is 4. The number of ether oxygens (including phenoxy) is 3. The number of nitrogens with one attached hydrogen (secondary N) is 1. The SMILES string of the molecule is Cc1c(-c2ccc(-c3ccc4c(c3)N(C(=O)Nc3nc5ccccc5s3)CCO4)nc2C(=O)OC(C)(C)C)cnn1CC12CC3(C)CC(C)(C1)CC(OCCN)(C3)C2. The first-order valence-electron chi connectivity index (χ1n) is 20.4. The summed E-state index contributed by atoms with van der Waals surface area (Å²) in [6.45, 7) is 15.1. The molecule has 4 bridgehead atoms. The quantitative estimate of drug-likeness (QED) is 0.139. The molecule has 2 atom stereocenters. The van der Waals surface area contributed by atoms with Gasteiger partial charge in [0.2, 0.25) is 0 Å². The number of anilines is 2. The Morgan fingerprint density at radius 2 is 1.74 bits per heavy atom. The van der Waals surface area contributed by atoms with E-state index in [1.54, 1.807) is 4.90 Å². The topological polar surface area (TPSA) is 147 Å². The monoisotopic (exact) mass is 803 g/mol. The predicted molar refractivity (Wildman–Crippen MR) is 226 cm³/mol. The first-order chi connectivity index (χ1) is 27.6. The second-order valence-electron chi connectivity index (χ2n) is 19.0. The molecule has 0 spiro atoms. The van der Waals surface area contributed by atoms with Gasteiger partial charge in [-0.05, 0) is 125 Å². The van der Waals surface area contributed by atoms with Gasteiger partial charge in [0.1, 0.15) is 18.0 Å². The van der Waals surface area contributed by atoms with Crippen LogP contribution in [-0.2, 0) is 16.0 Å². The molecule has 58 heavy (non-hydrogen) atoms. The zero-order chi connectivity index (χ0) is 40.7. The van der Waals surface area contributed by atoms with Gasteiger partial charge in [-0.1, -0.05) is 37.3 Å². The number of pyridine rings is 1. The van der Waals surface area contributed by atoms with Crippen LogP contribution in [0.3, 0.4) is 0 Å². The van der Waals surface area contributed by atoms with Crippen molar-refractivity contribution in [1.82, 2.24) is 19.7 Å². The maximum Gasteiger partial charge on any atom is 0.358 e. The number of thiazole rings is 1. The minimum Gasteiger partial charge on any atom is -0.490 e. The summed E-state index contributed by atoms with van der Waals surface area (Å²) < 4.78 is 21.7. The molecule has 12 nitrogen and oxygen atoms in total. The van der Waals surface area contributed by atoms with E-state index < -0.39 is 11.6 Å². The summed E-state index contributed by atoms with van der Waals surface area (Å²) in [4.78, 5) is 39.0. The number of carbonyl (C=O) groups excluding carboxylic acids is 2. The molecular formula is C45H53N7O5S. The Morgan fingerprint density at radius 1 is 0.966 bits per heavy atom. The third kappa shape index (κ3) is 7.15. The van der Waals surface area contributed by atoms with Crippen molar-refractivity contribution in [2.24, 2.45) is 22.0 Å². The number of para-hydroxylation sites is 1. The number of hydrogen-bond acceptors (Lipinski definition) is 10. The summed E-state index contributed by atoms with van der Waals surface area (Å²) in [6, 6.07) is 17.0. The van der Waals surface area contributed by atoms with Gasteiger partial charge in [-0.15, -0.1) is 0 Å². The maximum absolute atomic E-state index is 14.0. The maximum atomic E-state index is 14.0. The number of rotatable bonds is 9. The van der Waals surface area contributed by atoms with E-state index in [9.17, 15) is 9.59 Å². The van der Waals surface area contributed by atoms with Gasteiger partial charge in [0.15, 0.2) is 10.8 Å². The van der Waals surface area contributed by atoms with Crippen LogP contribution in [0, 0.1) is 23.2 Å². The van der Waals surface area contributed by atoms with Gasteiger partial charge in [0.25, 0.3) is 0 Å². The fourth-order valence-corrected chi connectivity index (χ4v) is 12.5. The molecule has 13 heteroatoms. The van der Waals surface area contributed by atoms with Gasteiger partial charge >= 0.3 is 12.0 Å². The molecule has 4 heterocycles. The molecule has 4 aliphatic carbocycles. The van der Waals surface area contributed by atoms with E-state index in [0.717, 1.165) is 65.7 Å². The molecule has 2 aromatic carbocycles. The molecular weight excluding hydrogens is 751 g/mol. The summed E-state index contributed by atoms with van der Waals surface area (Å²) in [6.07, 6.45) is 8.56. The highest BCUT2D eigenvalue weighted by molar-refractivity contribution is 7.22. The zero-order valence-electron chi connectivity index (χ0n) is 34.3. The molecule has 3 N–H and O–H groups in total. The van der Waals surface area contributed by atoms with Crippen molar-refractivity contribution in [3.63, 3.8) is 0 Å². The lowest BCUT2D eigenvalue weighted by atomic mass is 9.39. The second-order valence-corrected chi connectivity index (χ2v) is 20.0. The Morgan fingerprint density at radius 3 is 2.48 bits per heavy atom. The fraction of sp³-hybridized carbons (Fsp3) is 0.489. The Hall–Kier alpha value is -4.85. The predicted octanol–water partition coefficient (Wildman–Crippen LogP) is 9.01. The van der Waals surface area contributed by atoms with Crippen LogP contribution in [0.4, 0.5) is 15.6 Å². The van der Waals surface area contributed by atoms with Gasteiger partial charge in [-0.3, -0.25) is 14.9 Å². The first-order valence-corrected chi connectivity index (χ1v) is 21.2. The number of benzene rings is 2. The molecule has 4 saturated carbocycles. The van der Waals surface area contributed by atoms with Crippen LogP contribution in [0.1, 0.15) is 89.3 Å². The lowest BCUT2D eigenvalue weighted by Crippen LogP contribution is -2.64. The van der Waals surface area contributed by atoms with Crippen molar-refractivity contribution in [1.29, 1.82) is 0 Å². The number of esters is 1. The van der Waals surface area contributed by atoms with Crippen molar-refractivity contribution in [3.05, 3.63) is 72.2 Å². The van der Waals surface area contributed by atoms with Crippen molar-refractivity contribution < 1.29 is 23.8 Å².